The van der Waals surface area contributed by atoms with Crippen molar-refractivity contribution in [1.29, 1.82) is 0 Å². The van der Waals surface area contributed by atoms with Gasteiger partial charge in [-0.2, -0.15) is 0 Å². The Bertz CT molecular complexity index is 579. The molecule has 2 rings (SSSR count). The Morgan fingerprint density at radius 2 is 2.05 bits per heavy atom. The molecule has 0 saturated heterocycles. The van der Waals surface area contributed by atoms with Crippen LogP contribution in [0.4, 0.5) is 5.82 Å². The summed E-state index contributed by atoms with van der Waals surface area (Å²) in [4.78, 5) is 24.2. The molecule has 1 amide bonds. The SMILES string of the molecule is CCCNc1cnc(C(=O)NCc2ncc(CC)o2)cn1. The van der Waals surface area contributed by atoms with Gasteiger partial charge in [-0.15, -0.1) is 0 Å². The molecule has 112 valence electrons. The maximum atomic E-state index is 11.9. The van der Waals surface area contributed by atoms with E-state index in [1.54, 1.807) is 12.4 Å². The second-order valence-electron chi connectivity index (χ2n) is 4.47. The third-order valence-corrected chi connectivity index (χ3v) is 2.79. The van der Waals surface area contributed by atoms with E-state index in [0.29, 0.717) is 11.7 Å². The van der Waals surface area contributed by atoms with Crippen LogP contribution in [0.2, 0.25) is 0 Å². The molecule has 2 N–H and O–H groups in total. The third-order valence-electron chi connectivity index (χ3n) is 2.79. The highest BCUT2D eigenvalue weighted by Gasteiger charge is 2.09. The number of hydrogen-bond donors (Lipinski definition) is 2. The van der Waals surface area contributed by atoms with Crippen LogP contribution < -0.4 is 10.6 Å². The third kappa shape index (κ3) is 4.27. The molecule has 0 aliphatic heterocycles. The lowest BCUT2D eigenvalue weighted by atomic mass is 10.4. The topological polar surface area (TPSA) is 92.9 Å². The summed E-state index contributed by atoms with van der Waals surface area (Å²) in [5.41, 5.74) is 0.263. The quantitative estimate of drug-likeness (QED) is 0.807. The monoisotopic (exact) mass is 289 g/mol. The number of amides is 1. The number of nitrogens with zero attached hydrogens (tertiary/aromatic N) is 3. The van der Waals surface area contributed by atoms with Gasteiger partial charge in [-0.05, 0) is 6.42 Å². The van der Waals surface area contributed by atoms with Crippen LogP contribution in [-0.4, -0.2) is 27.4 Å². The minimum Gasteiger partial charge on any atom is -0.444 e. The normalized spacial score (nSPS) is 10.4. The molecule has 2 aromatic heterocycles. The minimum atomic E-state index is -0.305. The fraction of sp³-hybridized carbons (Fsp3) is 0.429. The van der Waals surface area contributed by atoms with Crippen molar-refractivity contribution in [2.24, 2.45) is 0 Å². The van der Waals surface area contributed by atoms with Gasteiger partial charge in [0.1, 0.15) is 17.3 Å². The summed E-state index contributed by atoms with van der Waals surface area (Å²) in [6.07, 6.45) is 6.43. The van der Waals surface area contributed by atoms with E-state index in [9.17, 15) is 4.79 Å². The van der Waals surface area contributed by atoms with Crippen LogP contribution in [0.15, 0.2) is 23.0 Å². The van der Waals surface area contributed by atoms with Crippen LogP contribution in [0.25, 0.3) is 0 Å². The Kier molecular flexibility index (Phi) is 5.25. The first-order chi connectivity index (χ1) is 10.2. The summed E-state index contributed by atoms with van der Waals surface area (Å²) >= 11 is 0. The molecule has 0 aromatic carbocycles. The van der Waals surface area contributed by atoms with Crippen LogP contribution in [-0.2, 0) is 13.0 Å². The fourth-order valence-electron chi connectivity index (χ4n) is 1.63. The number of aromatic nitrogens is 3. The molecule has 0 spiro atoms. The second kappa shape index (κ2) is 7.37. The summed E-state index contributed by atoms with van der Waals surface area (Å²) in [5.74, 6) is 1.63. The highest BCUT2D eigenvalue weighted by molar-refractivity contribution is 5.91. The largest absolute Gasteiger partial charge is 0.444 e. The molecule has 0 radical (unpaired) electrons. The van der Waals surface area contributed by atoms with E-state index in [1.165, 1.54) is 6.20 Å². The molecule has 0 fully saturated rings. The summed E-state index contributed by atoms with van der Waals surface area (Å²) in [7, 11) is 0. The van der Waals surface area contributed by atoms with Crippen molar-refractivity contribution >= 4 is 11.7 Å². The zero-order valence-electron chi connectivity index (χ0n) is 12.2. The number of rotatable bonds is 7. The molecule has 0 aliphatic carbocycles. The maximum absolute atomic E-state index is 11.9. The van der Waals surface area contributed by atoms with Crippen molar-refractivity contribution in [1.82, 2.24) is 20.3 Å². The number of nitrogens with one attached hydrogen (secondary N) is 2. The molecule has 7 nitrogen and oxygen atoms in total. The van der Waals surface area contributed by atoms with Crippen LogP contribution in [0.3, 0.4) is 0 Å². The minimum absolute atomic E-state index is 0.232. The Hall–Kier alpha value is -2.44. The lowest BCUT2D eigenvalue weighted by Gasteiger charge is -2.04. The standard InChI is InChI=1S/C14H19N5O2/c1-3-5-15-12-8-16-11(7-17-12)14(20)19-9-13-18-6-10(4-2)21-13/h6-8H,3-5,9H2,1-2H3,(H,15,17)(H,19,20). The summed E-state index contributed by atoms with van der Waals surface area (Å²) < 4.78 is 5.41. The number of oxazole rings is 1. The van der Waals surface area contributed by atoms with Gasteiger partial charge in [-0.3, -0.25) is 4.79 Å². The Morgan fingerprint density at radius 3 is 2.67 bits per heavy atom. The van der Waals surface area contributed by atoms with Crippen molar-refractivity contribution in [2.45, 2.75) is 33.2 Å². The van der Waals surface area contributed by atoms with Crippen LogP contribution >= 0.6 is 0 Å². The zero-order chi connectivity index (χ0) is 15.1. The molecule has 21 heavy (non-hydrogen) atoms. The number of hydrogen-bond acceptors (Lipinski definition) is 6. The van der Waals surface area contributed by atoms with E-state index in [0.717, 1.165) is 25.1 Å². The molecule has 2 heterocycles. The smallest absolute Gasteiger partial charge is 0.271 e. The first-order valence-electron chi connectivity index (χ1n) is 7.00. The number of anilines is 1. The number of carbonyl (C=O) groups is 1. The van der Waals surface area contributed by atoms with E-state index in [1.807, 2.05) is 6.92 Å². The van der Waals surface area contributed by atoms with Gasteiger partial charge in [0.05, 0.1) is 25.1 Å². The van der Waals surface area contributed by atoms with Gasteiger partial charge in [0.25, 0.3) is 5.91 Å². The van der Waals surface area contributed by atoms with Gasteiger partial charge >= 0.3 is 0 Å². The van der Waals surface area contributed by atoms with Crippen molar-refractivity contribution in [3.05, 3.63) is 35.9 Å². The van der Waals surface area contributed by atoms with Gasteiger partial charge in [0.2, 0.25) is 5.89 Å². The molecule has 0 unspecified atom stereocenters. The van der Waals surface area contributed by atoms with Crippen molar-refractivity contribution in [3.63, 3.8) is 0 Å². The average molecular weight is 289 g/mol. The van der Waals surface area contributed by atoms with E-state index < -0.39 is 0 Å². The van der Waals surface area contributed by atoms with Gasteiger partial charge in [-0.1, -0.05) is 13.8 Å². The zero-order valence-corrected chi connectivity index (χ0v) is 12.2. The number of carbonyl (C=O) groups excluding carboxylic acids is 1. The van der Waals surface area contributed by atoms with Gasteiger partial charge in [0, 0.05) is 13.0 Å². The molecule has 0 aliphatic rings. The average Bonchev–Trinajstić information content (AvgIpc) is 2.99. The van der Waals surface area contributed by atoms with Crippen LogP contribution in [0, 0.1) is 0 Å². The second-order valence-corrected chi connectivity index (χ2v) is 4.47. The molecule has 7 heteroatoms. The molecular formula is C14H19N5O2. The van der Waals surface area contributed by atoms with E-state index in [-0.39, 0.29) is 18.1 Å². The Balaban J connectivity index is 1.87. The highest BCUT2D eigenvalue weighted by Crippen LogP contribution is 2.05. The molecular weight excluding hydrogens is 270 g/mol. The van der Waals surface area contributed by atoms with Gasteiger partial charge in [0.15, 0.2) is 0 Å². The van der Waals surface area contributed by atoms with Gasteiger partial charge in [-0.25, -0.2) is 15.0 Å². The first kappa shape index (κ1) is 15.0. The molecule has 2 aromatic rings. The Labute approximate surface area is 123 Å². The van der Waals surface area contributed by atoms with Crippen LogP contribution in [0.1, 0.15) is 42.4 Å². The lowest BCUT2D eigenvalue weighted by Crippen LogP contribution is -2.24. The summed E-state index contributed by atoms with van der Waals surface area (Å²) in [6.45, 7) is 5.10. The highest BCUT2D eigenvalue weighted by atomic mass is 16.4. The predicted octanol–water partition coefficient (Wildman–Crippen LogP) is 1.78. The van der Waals surface area contributed by atoms with E-state index in [2.05, 4.69) is 32.5 Å². The number of aryl methyl sites for hydroxylation is 1. The van der Waals surface area contributed by atoms with Crippen molar-refractivity contribution < 1.29 is 9.21 Å². The fourth-order valence-corrected chi connectivity index (χ4v) is 1.63. The van der Waals surface area contributed by atoms with E-state index in [4.69, 9.17) is 4.42 Å². The molecule has 0 atom stereocenters. The first-order valence-corrected chi connectivity index (χ1v) is 7.00. The molecule has 0 saturated carbocycles. The van der Waals surface area contributed by atoms with E-state index >= 15 is 0 Å². The predicted molar refractivity (Wildman–Crippen MR) is 77.9 cm³/mol. The Morgan fingerprint density at radius 1 is 1.19 bits per heavy atom. The summed E-state index contributed by atoms with van der Waals surface area (Å²) in [5, 5.41) is 5.79. The van der Waals surface area contributed by atoms with Crippen LogP contribution in [0.5, 0.6) is 0 Å². The lowest BCUT2D eigenvalue weighted by molar-refractivity contribution is 0.0941. The summed E-state index contributed by atoms with van der Waals surface area (Å²) in [6, 6.07) is 0. The maximum Gasteiger partial charge on any atom is 0.271 e. The van der Waals surface area contributed by atoms with Crippen molar-refractivity contribution in [3.8, 4) is 0 Å². The van der Waals surface area contributed by atoms with Crippen molar-refractivity contribution in [2.75, 3.05) is 11.9 Å². The van der Waals surface area contributed by atoms with Gasteiger partial charge < -0.3 is 15.1 Å². The molecule has 0 bridgehead atoms.